The number of anilines is 2. The number of rotatable bonds is 7. The lowest BCUT2D eigenvalue weighted by Gasteiger charge is -2.16. The first-order valence-corrected chi connectivity index (χ1v) is 7.75. The molecule has 0 bridgehead atoms. The van der Waals surface area contributed by atoms with Crippen LogP contribution in [-0.2, 0) is 4.74 Å². The van der Waals surface area contributed by atoms with Crippen LogP contribution in [0, 0.1) is 5.82 Å². The maximum absolute atomic E-state index is 13.9. The Kier molecular flexibility index (Phi) is 6.64. The summed E-state index contributed by atoms with van der Waals surface area (Å²) < 4.78 is 18.8. The van der Waals surface area contributed by atoms with Crippen molar-refractivity contribution in [1.82, 2.24) is 0 Å². The monoisotopic (exact) mass is 300 g/mol. The predicted octanol–water partition coefficient (Wildman–Crippen LogP) is 3.14. The van der Waals surface area contributed by atoms with E-state index in [1.165, 1.54) is 6.07 Å². The fourth-order valence-corrected chi connectivity index (χ4v) is 2.36. The van der Waals surface area contributed by atoms with Gasteiger partial charge in [-0.25, -0.2) is 9.18 Å². The average molecular weight is 300 g/mol. The molecule has 0 aliphatic rings. The van der Waals surface area contributed by atoms with Gasteiger partial charge in [-0.05, 0) is 31.7 Å². The number of hydrogen-bond acceptors (Lipinski definition) is 5. The molecule has 1 rings (SSSR count). The Morgan fingerprint density at radius 3 is 2.80 bits per heavy atom. The lowest BCUT2D eigenvalue weighted by atomic mass is 10.1. The molecule has 0 saturated heterocycles. The summed E-state index contributed by atoms with van der Waals surface area (Å²) in [6, 6.07) is 2.65. The van der Waals surface area contributed by atoms with Crippen LogP contribution >= 0.6 is 11.8 Å². The highest BCUT2D eigenvalue weighted by Crippen LogP contribution is 2.24. The van der Waals surface area contributed by atoms with Crippen LogP contribution in [0.2, 0.25) is 0 Å². The molecule has 0 aliphatic carbocycles. The van der Waals surface area contributed by atoms with E-state index in [1.54, 1.807) is 18.7 Å². The van der Waals surface area contributed by atoms with Crippen LogP contribution in [0.1, 0.15) is 31.1 Å². The fourth-order valence-electron chi connectivity index (χ4n) is 1.69. The quantitative estimate of drug-likeness (QED) is 0.598. The van der Waals surface area contributed by atoms with Crippen LogP contribution in [0.15, 0.2) is 12.1 Å². The minimum atomic E-state index is -0.538. The van der Waals surface area contributed by atoms with Gasteiger partial charge in [-0.2, -0.15) is 11.8 Å². The summed E-state index contributed by atoms with van der Waals surface area (Å²) in [4.78, 5) is 11.7. The summed E-state index contributed by atoms with van der Waals surface area (Å²) in [5, 5.41) is 3.05. The lowest BCUT2D eigenvalue weighted by molar-refractivity contribution is 0.0527. The first-order chi connectivity index (χ1) is 9.49. The van der Waals surface area contributed by atoms with Gasteiger partial charge in [0.15, 0.2) is 0 Å². The molecule has 0 amide bonds. The summed E-state index contributed by atoms with van der Waals surface area (Å²) in [6.45, 7) is 5.99. The molecule has 4 nitrogen and oxygen atoms in total. The molecule has 6 heteroatoms. The first kappa shape index (κ1) is 16.6. The molecular weight excluding hydrogens is 279 g/mol. The number of esters is 1. The second kappa shape index (κ2) is 7.99. The zero-order chi connectivity index (χ0) is 15.1. The first-order valence-electron chi connectivity index (χ1n) is 6.60. The van der Waals surface area contributed by atoms with Crippen molar-refractivity contribution in [2.45, 2.75) is 26.8 Å². The fraction of sp³-hybridized carbons (Fsp3) is 0.500. The molecule has 0 aliphatic heterocycles. The van der Waals surface area contributed by atoms with E-state index >= 15 is 0 Å². The Hall–Kier alpha value is -1.43. The number of ether oxygens (including phenoxy) is 1. The molecule has 1 unspecified atom stereocenters. The van der Waals surface area contributed by atoms with E-state index in [1.807, 2.05) is 6.92 Å². The van der Waals surface area contributed by atoms with Gasteiger partial charge >= 0.3 is 5.97 Å². The summed E-state index contributed by atoms with van der Waals surface area (Å²) in [5.74, 6) is 0.854. The molecule has 0 fully saturated rings. The molecular formula is C14H21FN2O2S. The second-order valence-electron chi connectivity index (χ2n) is 4.34. The van der Waals surface area contributed by atoms with Gasteiger partial charge in [0.1, 0.15) is 5.82 Å². The minimum absolute atomic E-state index is 0.0853. The smallest absolute Gasteiger partial charge is 0.340 e. The van der Waals surface area contributed by atoms with E-state index in [9.17, 15) is 9.18 Å². The van der Waals surface area contributed by atoms with Crippen LogP contribution in [0.3, 0.4) is 0 Å². The number of thioether (sulfide) groups is 1. The minimum Gasteiger partial charge on any atom is -0.462 e. The molecule has 1 aromatic carbocycles. The average Bonchev–Trinajstić information content (AvgIpc) is 2.39. The van der Waals surface area contributed by atoms with Gasteiger partial charge in [-0.15, -0.1) is 0 Å². The third-order valence-corrected chi connectivity index (χ3v) is 3.75. The van der Waals surface area contributed by atoms with E-state index in [4.69, 9.17) is 10.5 Å². The largest absolute Gasteiger partial charge is 0.462 e. The van der Waals surface area contributed by atoms with E-state index in [-0.39, 0.29) is 29.6 Å². The molecule has 20 heavy (non-hydrogen) atoms. The number of nitrogens with two attached hydrogens (primary N) is 1. The van der Waals surface area contributed by atoms with Crippen molar-refractivity contribution in [2.24, 2.45) is 0 Å². The van der Waals surface area contributed by atoms with Gasteiger partial charge in [0, 0.05) is 17.5 Å². The molecule has 112 valence electrons. The topological polar surface area (TPSA) is 64.3 Å². The Morgan fingerprint density at radius 1 is 1.50 bits per heavy atom. The molecule has 0 aromatic heterocycles. The van der Waals surface area contributed by atoms with Crippen molar-refractivity contribution in [3.05, 3.63) is 23.5 Å². The van der Waals surface area contributed by atoms with Gasteiger partial charge in [0.2, 0.25) is 0 Å². The number of nitrogens with one attached hydrogen (secondary N) is 1. The van der Waals surface area contributed by atoms with E-state index in [0.717, 1.165) is 17.6 Å². The summed E-state index contributed by atoms with van der Waals surface area (Å²) in [5.41, 5.74) is 6.20. The van der Waals surface area contributed by atoms with Gasteiger partial charge in [0.05, 0.1) is 17.9 Å². The second-order valence-corrected chi connectivity index (χ2v) is 5.66. The number of benzene rings is 1. The standard InChI is InChI=1S/C14H21FN2O2S/c1-4-19-14(18)10-6-13(11(15)7-12(10)16)17-9(3)8-20-5-2/h6-7,9,17H,4-5,8,16H2,1-3H3. The highest BCUT2D eigenvalue weighted by Gasteiger charge is 2.16. The normalized spacial score (nSPS) is 12.0. The molecule has 3 N–H and O–H groups in total. The Labute approximate surface area is 123 Å². The van der Waals surface area contributed by atoms with E-state index in [2.05, 4.69) is 12.2 Å². The zero-order valence-electron chi connectivity index (χ0n) is 12.0. The van der Waals surface area contributed by atoms with E-state index in [0.29, 0.717) is 0 Å². The van der Waals surface area contributed by atoms with Crippen molar-refractivity contribution in [2.75, 3.05) is 29.2 Å². The van der Waals surface area contributed by atoms with Crippen molar-refractivity contribution >= 4 is 29.1 Å². The molecule has 0 radical (unpaired) electrons. The van der Waals surface area contributed by atoms with Crippen LogP contribution in [0.5, 0.6) is 0 Å². The molecule has 0 heterocycles. The Bertz CT molecular complexity index is 469. The lowest BCUT2D eigenvalue weighted by Crippen LogP contribution is -2.20. The van der Waals surface area contributed by atoms with Gasteiger partial charge in [-0.3, -0.25) is 0 Å². The molecule has 1 aromatic rings. The Morgan fingerprint density at radius 2 is 2.20 bits per heavy atom. The predicted molar refractivity (Wildman–Crippen MR) is 82.9 cm³/mol. The van der Waals surface area contributed by atoms with Gasteiger partial charge in [-0.1, -0.05) is 6.92 Å². The van der Waals surface area contributed by atoms with Crippen molar-refractivity contribution in [3.8, 4) is 0 Å². The Balaban J connectivity index is 2.90. The summed E-state index contributed by atoms with van der Waals surface area (Å²) in [7, 11) is 0. The molecule has 0 spiro atoms. The van der Waals surface area contributed by atoms with Crippen molar-refractivity contribution < 1.29 is 13.9 Å². The number of nitrogen functional groups attached to an aromatic ring is 1. The van der Waals surface area contributed by atoms with Crippen molar-refractivity contribution in [1.29, 1.82) is 0 Å². The molecule has 1 atom stereocenters. The number of halogens is 1. The highest BCUT2D eigenvalue weighted by atomic mass is 32.2. The van der Waals surface area contributed by atoms with Crippen LogP contribution in [0.25, 0.3) is 0 Å². The maximum Gasteiger partial charge on any atom is 0.340 e. The van der Waals surface area contributed by atoms with E-state index < -0.39 is 11.8 Å². The number of carbonyl (C=O) groups excluding carboxylic acids is 1. The summed E-state index contributed by atoms with van der Waals surface area (Å²) >= 11 is 1.76. The zero-order valence-corrected chi connectivity index (χ0v) is 12.8. The third-order valence-electron chi connectivity index (χ3n) is 2.61. The van der Waals surface area contributed by atoms with Crippen molar-refractivity contribution in [3.63, 3.8) is 0 Å². The molecule has 0 saturated carbocycles. The number of hydrogen-bond donors (Lipinski definition) is 2. The third kappa shape index (κ3) is 4.59. The highest BCUT2D eigenvalue weighted by molar-refractivity contribution is 7.99. The SMILES string of the molecule is CCOC(=O)c1cc(NC(C)CSCC)c(F)cc1N. The van der Waals surface area contributed by atoms with Gasteiger partial charge in [0.25, 0.3) is 0 Å². The van der Waals surface area contributed by atoms with Crippen LogP contribution in [0.4, 0.5) is 15.8 Å². The summed E-state index contributed by atoms with van der Waals surface area (Å²) in [6.07, 6.45) is 0. The maximum atomic E-state index is 13.9. The number of carbonyl (C=O) groups is 1. The van der Waals surface area contributed by atoms with Crippen LogP contribution < -0.4 is 11.1 Å². The van der Waals surface area contributed by atoms with Crippen LogP contribution in [-0.4, -0.2) is 30.1 Å². The van der Waals surface area contributed by atoms with Gasteiger partial charge < -0.3 is 15.8 Å².